The summed E-state index contributed by atoms with van der Waals surface area (Å²) in [6, 6.07) is 7.66. The predicted octanol–water partition coefficient (Wildman–Crippen LogP) is 5.36. The number of hydrogen-bond donors (Lipinski definition) is 1. The summed E-state index contributed by atoms with van der Waals surface area (Å²) in [5.41, 5.74) is 5.01. The van der Waals surface area contributed by atoms with E-state index in [1.165, 1.54) is 0 Å². The molecule has 0 fully saturated rings. The van der Waals surface area contributed by atoms with E-state index in [0.717, 1.165) is 44.5 Å². The van der Waals surface area contributed by atoms with E-state index in [4.69, 9.17) is 18.6 Å². The number of fused-ring (bicyclic) bond motifs is 1. The van der Waals surface area contributed by atoms with Crippen molar-refractivity contribution in [2.75, 3.05) is 27.4 Å². The molecule has 0 spiro atoms. The second-order valence-corrected chi connectivity index (χ2v) is 7.13. The van der Waals surface area contributed by atoms with Crippen LogP contribution in [0.4, 0.5) is 0 Å². The monoisotopic (exact) mass is 423 g/mol. The van der Waals surface area contributed by atoms with Gasteiger partial charge < -0.3 is 23.9 Å². The number of furan rings is 1. The van der Waals surface area contributed by atoms with Crippen LogP contribution in [0.25, 0.3) is 27.7 Å². The minimum atomic E-state index is -0.137. The Bertz CT molecular complexity index is 1130. The third-order valence-electron chi connectivity index (χ3n) is 5.15. The number of amides is 1. The Kier molecular flexibility index (Phi) is 6.90. The highest BCUT2D eigenvalue weighted by Crippen LogP contribution is 2.43. The van der Waals surface area contributed by atoms with Gasteiger partial charge in [-0.25, -0.2) is 0 Å². The van der Waals surface area contributed by atoms with Gasteiger partial charge in [-0.1, -0.05) is 0 Å². The lowest BCUT2D eigenvalue weighted by molar-refractivity contribution is -0.116. The SMILES string of the molecule is CCNC(=O)/C=C(\C)c1cc2c(-c3cc(OC)ccc3OC)coc2c(C)c1OCC. The molecule has 0 saturated heterocycles. The van der Waals surface area contributed by atoms with Crippen molar-refractivity contribution in [3.8, 4) is 28.4 Å². The molecular formula is C25H29NO5. The van der Waals surface area contributed by atoms with Crippen LogP contribution in [0.3, 0.4) is 0 Å². The van der Waals surface area contributed by atoms with E-state index in [0.29, 0.717) is 24.7 Å². The van der Waals surface area contributed by atoms with Gasteiger partial charge in [0.2, 0.25) is 5.91 Å². The number of likely N-dealkylation sites (N-methyl/N-ethyl adjacent to an activating group) is 1. The van der Waals surface area contributed by atoms with Crippen LogP contribution < -0.4 is 19.5 Å². The Labute approximate surface area is 182 Å². The number of hydrogen-bond acceptors (Lipinski definition) is 5. The van der Waals surface area contributed by atoms with Crippen LogP contribution in [-0.4, -0.2) is 33.3 Å². The molecule has 0 aliphatic carbocycles. The quantitative estimate of drug-likeness (QED) is 0.494. The maximum Gasteiger partial charge on any atom is 0.244 e. The van der Waals surface area contributed by atoms with E-state index in [1.54, 1.807) is 26.6 Å². The van der Waals surface area contributed by atoms with Gasteiger partial charge in [0.15, 0.2) is 0 Å². The largest absolute Gasteiger partial charge is 0.497 e. The highest BCUT2D eigenvalue weighted by Gasteiger charge is 2.21. The van der Waals surface area contributed by atoms with E-state index in [2.05, 4.69) is 5.32 Å². The standard InChI is InChI=1S/C25H29NO5/c1-7-26-23(27)11-15(3)18-13-20-21(14-31-25(20)16(4)24(18)30-8-2)19-12-17(28-5)9-10-22(19)29-6/h9-14H,7-8H2,1-6H3,(H,26,27)/b15-11+. The number of carbonyl (C=O) groups is 1. The lowest BCUT2D eigenvalue weighted by atomic mass is 9.96. The fraction of sp³-hybridized carbons (Fsp3) is 0.320. The Balaban J connectivity index is 2.27. The Morgan fingerprint density at radius 2 is 1.90 bits per heavy atom. The summed E-state index contributed by atoms with van der Waals surface area (Å²) in [6.45, 7) is 8.77. The number of aryl methyl sites for hydroxylation is 1. The van der Waals surface area contributed by atoms with Crippen molar-refractivity contribution in [1.29, 1.82) is 0 Å². The average Bonchev–Trinajstić information content (AvgIpc) is 3.19. The summed E-state index contributed by atoms with van der Waals surface area (Å²) in [5.74, 6) is 2.01. The molecule has 6 nitrogen and oxygen atoms in total. The third-order valence-corrected chi connectivity index (χ3v) is 5.15. The predicted molar refractivity (Wildman–Crippen MR) is 123 cm³/mol. The average molecular weight is 424 g/mol. The molecule has 0 bridgehead atoms. The molecule has 2 aromatic carbocycles. The lowest BCUT2D eigenvalue weighted by Crippen LogP contribution is -2.20. The van der Waals surface area contributed by atoms with Crippen molar-refractivity contribution in [1.82, 2.24) is 5.32 Å². The molecule has 1 amide bonds. The van der Waals surface area contributed by atoms with Gasteiger partial charge in [-0.15, -0.1) is 0 Å². The fourth-order valence-electron chi connectivity index (χ4n) is 3.67. The van der Waals surface area contributed by atoms with Crippen molar-refractivity contribution < 1.29 is 23.4 Å². The van der Waals surface area contributed by atoms with Crippen molar-refractivity contribution >= 4 is 22.4 Å². The number of nitrogens with one attached hydrogen (secondary N) is 1. The zero-order valence-electron chi connectivity index (χ0n) is 18.9. The maximum atomic E-state index is 12.2. The van der Waals surface area contributed by atoms with Gasteiger partial charge in [-0.2, -0.15) is 0 Å². The first-order valence-electron chi connectivity index (χ1n) is 10.3. The van der Waals surface area contributed by atoms with Gasteiger partial charge >= 0.3 is 0 Å². The first-order chi connectivity index (χ1) is 14.9. The van der Waals surface area contributed by atoms with Crippen molar-refractivity contribution in [3.63, 3.8) is 0 Å². The van der Waals surface area contributed by atoms with E-state index < -0.39 is 0 Å². The fourth-order valence-corrected chi connectivity index (χ4v) is 3.67. The molecular weight excluding hydrogens is 394 g/mol. The van der Waals surface area contributed by atoms with E-state index in [1.807, 2.05) is 52.0 Å². The molecule has 1 N–H and O–H groups in total. The Morgan fingerprint density at radius 3 is 2.55 bits per heavy atom. The van der Waals surface area contributed by atoms with E-state index in [9.17, 15) is 4.79 Å². The molecule has 0 aliphatic rings. The number of ether oxygens (including phenoxy) is 3. The van der Waals surface area contributed by atoms with Crippen molar-refractivity contribution in [2.24, 2.45) is 0 Å². The van der Waals surface area contributed by atoms with Crippen LogP contribution in [0.5, 0.6) is 17.2 Å². The molecule has 3 rings (SSSR count). The summed E-state index contributed by atoms with van der Waals surface area (Å²) in [4.78, 5) is 12.2. The first-order valence-corrected chi connectivity index (χ1v) is 10.3. The van der Waals surface area contributed by atoms with Crippen LogP contribution in [-0.2, 0) is 4.79 Å². The number of rotatable bonds is 8. The van der Waals surface area contributed by atoms with Gasteiger partial charge in [0.1, 0.15) is 22.8 Å². The summed E-state index contributed by atoms with van der Waals surface area (Å²) in [5, 5.41) is 3.71. The van der Waals surface area contributed by atoms with Crippen LogP contribution in [0, 0.1) is 6.92 Å². The highest BCUT2D eigenvalue weighted by atomic mass is 16.5. The van der Waals surface area contributed by atoms with Crippen LogP contribution >= 0.6 is 0 Å². The van der Waals surface area contributed by atoms with Gasteiger partial charge in [0, 0.05) is 40.3 Å². The van der Waals surface area contributed by atoms with Crippen LogP contribution in [0.1, 0.15) is 31.9 Å². The number of allylic oxidation sites excluding steroid dienone is 1. The molecule has 6 heteroatoms. The van der Waals surface area contributed by atoms with Gasteiger partial charge in [0.25, 0.3) is 0 Å². The van der Waals surface area contributed by atoms with Crippen LogP contribution in [0.2, 0.25) is 0 Å². The van der Waals surface area contributed by atoms with E-state index >= 15 is 0 Å². The molecule has 0 radical (unpaired) electrons. The lowest BCUT2D eigenvalue weighted by Gasteiger charge is -2.15. The second kappa shape index (κ2) is 9.60. The van der Waals surface area contributed by atoms with Crippen LogP contribution in [0.15, 0.2) is 41.0 Å². The number of benzene rings is 2. The Hall–Kier alpha value is -3.41. The topological polar surface area (TPSA) is 69.9 Å². The molecule has 1 heterocycles. The Morgan fingerprint density at radius 1 is 1.13 bits per heavy atom. The van der Waals surface area contributed by atoms with Crippen molar-refractivity contribution in [3.05, 3.63) is 47.7 Å². The maximum absolute atomic E-state index is 12.2. The van der Waals surface area contributed by atoms with Gasteiger partial charge in [0.05, 0.1) is 27.1 Å². The highest BCUT2D eigenvalue weighted by molar-refractivity contribution is 6.02. The smallest absolute Gasteiger partial charge is 0.244 e. The minimum absolute atomic E-state index is 0.137. The van der Waals surface area contributed by atoms with Gasteiger partial charge in [-0.3, -0.25) is 4.79 Å². The molecule has 0 atom stereocenters. The first kappa shape index (κ1) is 22.3. The summed E-state index contributed by atoms with van der Waals surface area (Å²) >= 11 is 0. The zero-order chi connectivity index (χ0) is 22.5. The van der Waals surface area contributed by atoms with E-state index in [-0.39, 0.29) is 5.91 Å². The molecule has 3 aromatic rings. The summed E-state index contributed by atoms with van der Waals surface area (Å²) in [6.07, 6.45) is 3.32. The van der Waals surface area contributed by atoms with Crippen molar-refractivity contribution in [2.45, 2.75) is 27.7 Å². The number of methoxy groups -OCH3 is 2. The zero-order valence-corrected chi connectivity index (χ0v) is 18.9. The molecule has 0 saturated carbocycles. The number of carbonyl (C=O) groups excluding carboxylic acids is 1. The summed E-state index contributed by atoms with van der Waals surface area (Å²) < 4.78 is 22.9. The molecule has 164 valence electrons. The molecule has 0 aliphatic heterocycles. The third kappa shape index (κ3) is 4.38. The normalized spacial score (nSPS) is 11.5. The van der Waals surface area contributed by atoms with Gasteiger partial charge in [-0.05, 0) is 57.5 Å². The molecule has 31 heavy (non-hydrogen) atoms. The molecule has 0 unspecified atom stereocenters. The summed E-state index contributed by atoms with van der Waals surface area (Å²) in [7, 11) is 3.27. The minimum Gasteiger partial charge on any atom is -0.497 e. The second-order valence-electron chi connectivity index (χ2n) is 7.13. The molecule has 1 aromatic heterocycles.